The summed E-state index contributed by atoms with van der Waals surface area (Å²) in [5.74, 6) is 0. The minimum absolute atomic E-state index is 0.426. The maximum absolute atomic E-state index is 5.53. The largest absolute Gasteiger partial charge is 0.389 e. The monoisotopic (exact) mass is 246 g/mol. The molecule has 4 nitrogen and oxygen atoms in total. The Bertz CT molecular complexity index is 476. The third-order valence-corrected chi connectivity index (χ3v) is 2.66. The predicted molar refractivity (Wildman–Crippen MR) is 73.0 cm³/mol. The van der Waals surface area contributed by atoms with Gasteiger partial charge in [0, 0.05) is 36.7 Å². The Kier molecular flexibility index (Phi) is 3.72. The highest BCUT2D eigenvalue weighted by Gasteiger charge is 1.96. The molecule has 0 radical (unpaired) electrons. The zero-order valence-corrected chi connectivity index (χ0v) is 10.2. The number of anilines is 1. The molecule has 2 rings (SSSR count). The van der Waals surface area contributed by atoms with Crippen LogP contribution in [0.1, 0.15) is 5.56 Å². The molecule has 0 spiro atoms. The van der Waals surface area contributed by atoms with E-state index in [4.69, 9.17) is 18.0 Å². The first-order chi connectivity index (χ1) is 8.25. The summed E-state index contributed by atoms with van der Waals surface area (Å²) in [4.78, 5) is 4.41. The van der Waals surface area contributed by atoms with Gasteiger partial charge in [-0.2, -0.15) is 0 Å². The number of hydrogen-bond donors (Lipinski definition) is 2. The van der Waals surface area contributed by atoms with Crippen LogP contribution in [-0.4, -0.2) is 21.1 Å². The van der Waals surface area contributed by atoms with Crippen LogP contribution < -0.4 is 11.1 Å². The normalized spacial score (nSPS) is 10.1. The van der Waals surface area contributed by atoms with Crippen molar-refractivity contribution in [2.45, 2.75) is 6.54 Å². The molecule has 5 heteroatoms. The van der Waals surface area contributed by atoms with E-state index in [9.17, 15) is 0 Å². The highest BCUT2D eigenvalue weighted by atomic mass is 32.1. The zero-order valence-electron chi connectivity index (χ0n) is 9.34. The Balaban J connectivity index is 1.85. The molecular weight excluding hydrogens is 232 g/mol. The Morgan fingerprint density at radius 3 is 2.71 bits per heavy atom. The molecule has 0 amide bonds. The second kappa shape index (κ2) is 5.45. The Hall–Kier alpha value is -1.88. The van der Waals surface area contributed by atoms with Crippen molar-refractivity contribution < 1.29 is 0 Å². The second-order valence-electron chi connectivity index (χ2n) is 3.67. The Labute approximate surface area is 105 Å². The van der Waals surface area contributed by atoms with Gasteiger partial charge in [-0.15, -0.1) is 0 Å². The molecular formula is C12H14N4S. The number of imidazole rings is 1. The molecule has 0 saturated carbocycles. The summed E-state index contributed by atoms with van der Waals surface area (Å²) in [6, 6.07) is 7.79. The lowest BCUT2D eigenvalue weighted by molar-refractivity contribution is 0.727. The van der Waals surface area contributed by atoms with E-state index < -0.39 is 0 Å². The van der Waals surface area contributed by atoms with Crippen LogP contribution in [0, 0.1) is 0 Å². The number of nitrogens with two attached hydrogens (primary N) is 1. The van der Waals surface area contributed by atoms with Gasteiger partial charge in [0.05, 0.1) is 6.33 Å². The predicted octanol–water partition coefficient (Wildman–Crippen LogP) is 1.63. The van der Waals surface area contributed by atoms with E-state index in [1.54, 1.807) is 12.5 Å². The fourth-order valence-corrected chi connectivity index (χ4v) is 1.64. The molecule has 88 valence electrons. The van der Waals surface area contributed by atoms with Crippen molar-refractivity contribution in [1.29, 1.82) is 0 Å². The molecule has 1 aromatic heterocycles. The summed E-state index contributed by atoms with van der Waals surface area (Å²) in [6.45, 7) is 1.74. The Morgan fingerprint density at radius 1 is 1.35 bits per heavy atom. The van der Waals surface area contributed by atoms with Gasteiger partial charge in [0.1, 0.15) is 4.99 Å². The lowest BCUT2D eigenvalue weighted by Crippen LogP contribution is -2.11. The van der Waals surface area contributed by atoms with E-state index in [0.29, 0.717) is 4.99 Å². The first-order valence-electron chi connectivity index (χ1n) is 5.35. The van der Waals surface area contributed by atoms with Gasteiger partial charge >= 0.3 is 0 Å². The smallest absolute Gasteiger partial charge is 0.103 e. The van der Waals surface area contributed by atoms with Crippen molar-refractivity contribution in [3.05, 3.63) is 48.5 Å². The molecule has 1 aromatic carbocycles. The van der Waals surface area contributed by atoms with Crippen molar-refractivity contribution in [1.82, 2.24) is 9.55 Å². The number of thiocarbonyl (C=S) groups is 1. The number of nitrogens with zero attached hydrogens (tertiary/aromatic N) is 2. The van der Waals surface area contributed by atoms with E-state index in [0.717, 1.165) is 24.3 Å². The van der Waals surface area contributed by atoms with Crippen molar-refractivity contribution >= 4 is 22.9 Å². The van der Waals surface area contributed by atoms with Crippen LogP contribution >= 0.6 is 12.2 Å². The number of nitrogens with one attached hydrogen (secondary N) is 1. The van der Waals surface area contributed by atoms with E-state index >= 15 is 0 Å². The first-order valence-corrected chi connectivity index (χ1v) is 5.76. The number of rotatable bonds is 5. The van der Waals surface area contributed by atoms with Crippen molar-refractivity contribution in [3.8, 4) is 0 Å². The molecule has 2 aromatic rings. The molecule has 1 heterocycles. The maximum Gasteiger partial charge on any atom is 0.103 e. The van der Waals surface area contributed by atoms with Crippen LogP contribution in [-0.2, 0) is 6.54 Å². The van der Waals surface area contributed by atoms with Crippen LogP contribution in [0.25, 0.3) is 0 Å². The van der Waals surface area contributed by atoms with Crippen LogP contribution in [0.2, 0.25) is 0 Å². The lowest BCUT2D eigenvalue weighted by Gasteiger charge is -2.07. The Morgan fingerprint density at radius 2 is 2.12 bits per heavy atom. The van der Waals surface area contributed by atoms with Crippen molar-refractivity contribution in [3.63, 3.8) is 0 Å². The second-order valence-corrected chi connectivity index (χ2v) is 4.11. The van der Waals surface area contributed by atoms with Gasteiger partial charge in [-0.25, -0.2) is 4.98 Å². The number of aromatic nitrogens is 2. The van der Waals surface area contributed by atoms with E-state index in [2.05, 4.69) is 10.3 Å². The SMILES string of the molecule is NC(=S)c1ccc(NCCn2ccnc2)cc1. The van der Waals surface area contributed by atoms with Crippen LogP contribution in [0.3, 0.4) is 0 Å². The summed E-state index contributed by atoms with van der Waals surface area (Å²) < 4.78 is 2.02. The van der Waals surface area contributed by atoms with Crippen LogP contribution in [0.4, 0.5) is 5.69 Å². The summed E-state index contributed by atoms with van der Waals surface area (Å²) in [7, 11) is 0. The van der Waals surface area contributed by atoms with Gasteiger partial charge in [-0.1, -0.05) is 12.2 Å². The summed E-state index contributed by atoms with van der Waals surface area (Å²) in [5, 5.41) is 3.32. The van der Waals surface area contributed by atoms with Gasteiger partial charge in [0.15, 0.2) is 0 Å². The quantitative estimate of drug-likeness (QED) is 0.787. The summed E-state index contributed by atoms with van der Waals surface area (Å²) in [6.07, 6.45) is 5.52. The average Bonchev–Trinajstić information content (AvgIpc) is 2.83. The standard InChI is InChI=1S/C12H14N4S/c13-12(17)10-1-3-11(4-2-10)15-6-8-16-7-5-14-9-16/h1-5,7,9,15H,6,8H2,(H2,13,17). The topological polar surface area (TPSA) is 55.9 Å². The highest BCUT2D eigenvalue weighted by Crippen LogP contribution is 2.09. The zero-order chi connectivity index (χ0) is 12.1. The van der Waals surface area contributed by atoms with Gasteiger partial charge in [0.25, 0.3) is 0 Å². The molecule has 3 N–H and O–H groups in total. The van der Waals surface area contributed by atoms with E-state index in [1.165, 1.54) is 0 Å². The third kappa shape index (κ3) is 3.29. The van der Waals surface area contributed by atoms with Crippen LogP contribution in [0.5, 0.6) is 0 Å². The number of benzene rings is 1. The van der Waals surface area contributed by atoms with Crippen molar-refractivity contribution in [2.24, 2.45) is 5.73 Å². The molecule has 0 saturated heterocycles. The summed E-state index contributed by atoms with van der Waals surface area (Å²) >= 11 is 4.89. The maximum atomic E-state index is 5.53. The van der Waals surface area contributed by atoms with Gasteiger partial charge in [-0.3, -0.25) is 0 Å². The molecule has 0 fully saturated rings. The molecule has 0 aliphatic heterocycles. The fourth-order valence-electron chi connectivity index (χ4n) is 1.50. The number of hydrogen-bond acceptors (Lipinski definition) is 3. The van der Waals surface area contributed by atoms with E-state index in [-0.39, 0.29) is 0 Å². The fraction of sp³-hybridized carbons (Fsp3) is 0.167. The minimum atomic E-state index is 0.426. The molecule has 0 aliphatic rings. The van der Waals surface area contributed by atoms with Gasteiger partial charge in [0.2, 0.25) is 0 Å². The molecule has 0 bridgehead atoms. The van der Waals surface area contributed by atoms with Gasteiger partial charge < -0.3 is 15.6 Å². The van der Waals surface area contributed by atoms with Crippen molar-refractivity contribution in [2.75, 3.05) is 11.9 Å². The van der Waals surface area contributed by atoms with Gasteiger partial charge in [-0.05, 0) is 24.3 Å². The lowest BCUT2D eigenvalue weighted by atomic mass is 10.2. The highest BCUT2D eigenvalue weighted by molar-refractivity contribution is 7.80. The van der Waals surface area contributed by atoms with E-state index in [1.807, 2.05) is 35.0 Å². The summed E-state index contributed by atoms with van der Waals surface area (Å²) in [5.41, 5.74) is 7.48. The molecule has 17 heavy (non-hydrogen) atoms. The molecule has 0 aliphatic carbocycles. The molecule has 0 unspecified atom stereocenters. The average molecular weight is 246 g/mol. The minimum Gasteiger partial charge on any atom is -0.389 e. The third-order valence-electron chi connectivity index (χ3n) is 2.43. The van der Waals surface area contributed by atoms with Crippen LogP contribution in [0.15, 0.2) is 43.0 Å². The first kappa shape index (κ1) is 11.6. The molecule has 0 atom stereocenters.